The second kappa shape index (κ2) is 5.10. The van der Waals surface area contributed by atoms with Crippen LogP contribution in [0, 0.1) is 19.7 Å². The van der Waals surface area contributed by atoms with Crippen LogP contribution in [0.1, 0.15) is 21.5 Å². The molecule has 2 aromatic rings. The first-order valence-corrected chi connectivity index (χ1v) is 5.90. The molecule has 0 radical (unpaired) electrons. The third-order valence-corrected chi connectivity index (χ3v) is 2.72. The number of anilines is 2. The number of carbonyl (C=O) groups excluding carboxylic acids is 1. The Hall–Kier alpha value is -2.36. The molecule has 0 bridgehead atoms. The van der Waals surface area contributed by atoms with Crippen molar-refractivity contribution in [2.45, 2.75) is 13.8 Å². The number of nitrogens with two attached hydrogens (primary N) is 1. The monoisotopic (exact) mass is 258 g/mol. The quantitative estimate of drug-likeness (QED) is 0.812. The van der Waals surface area contributed by atoms with Gasteiger partial charge in [-0.25, -0.2) is 4.39 Å². The lowest BCUT2D eigenvalue weighted by Gasteiger charge is -2.08. The molecule has 0 fully saturated rings. The van der Waals surface area contributed by atoms with Crippen molar-refractivity contribution >= 4 is 17.3 Å². The van der Waals surface area contributed by atoms with Crippen LogP contribution >= 0.6 is 0 Å². The molecule has 19 heavy (non-hydrogen) atoms. The zero-order chi connectivity index (χ0) is 14.0. The summed E-state index contributed by atoms with van der Waals surface area (Å²) in [5, 5.41) is 2.53. The van der Waals surface area contributed by atoms with E-state index in [1.165, 1.54) is 18.2 Å². The van der Waals surface area contributed by atoms with Crippen LogP contribution in [-0.2, 0) is 0 Å². The minimum Gasteiger partial charge on any atom is -0.399 e. The fourth-order valence-electron chi connectivity index (χ4n) is 1.94. The molecule has 0 aromatic heterocycles. The molecule has 3 N–H and O–H groups in total. The fourth-order valence-corrected chi connectivity index (χ4v) is 1.94. The van der Waals surface area contributed by atoms with Crippen LogP contribution in [0.5, 0.6) is 0 Å². The number of amides is 1. The molecule has 0 unspecified atom stereocenters. The topological polar surface area (TPSA) is 55.1 Å². The third-order valence-electron chi connectivity index (χ3n) is 2.72. The normalized spacial score (nSPS) is 10.3. The molecule has 3 nitrogen and oxygen atoms in total. The molecule has 2 rings (SSSR count). The van der Waals surface area contributed by atoms with E-state index in [1.807, 2.05) is 19.9 Å². The number of aryl methyl sites for hydroxylation is 2. The molecular formula is C15H15FN2O. The first-order chi connectivity index (χ1) is 8.95. The van der Waals surface area contributed by atoms with Gasteiger partial charge in [0.25, 0.3) is 5.91 Å². The lowest BCUT2D eigenvalue weighted by Crippen LogP contribution is -2.13. The van der Waals surface area contributed by atoms with Crippen molar-refractivity contribution in [2.24, 2.45) is 0 Å². The molecule has 2 aromatic carbocycles. The Labute approximate surface area is 111 Å². The summed E-state index contributed by atoms with van der Waals surface area (Å²) in [6.07, 6.45) is 0. The first kappa shape index (κ1) is 13.1. The van der Waals surface area contributed by atoms with E-state index in [-0.39, 0.29) is 11.6 Å². The Morgan fingerprint density at radius 1 is 1.11 bits per heavy atom. The van der Waals surface area contributed by atoms with Crippen LogP contribution in [0.25, 0.3) is 0 Å². The van der Waals surface area contributed by atoms with Crippen LogP contribution in [0.2, 0.25) is 0 Å². The Balaban J connectivity index is 2.28. The number of carbonyl (C=O) groups is 1. The molecule has 0 aliphatic carbocycles. The van der Waals surface area contributed by atoms with Crippen molar-refractivity contribution in [3.05, 3.63) is 58.9 Å². The summed E-state index contributed by atoms with van der Waals surface area (Å²) < 4.78 is 13.5. The van der Waals surface area contributed by atoms with Crippen molar-refractivity contribution in [1.82, 2.24) is 0 Å². The second-order valence-corrected chi connectivity index (χ2v) is 4.57. The average molecular weight is 258 g/mol. The number of hydrogen-bond donors (Lipinski definition) is 2. The van der Waals surface area contributed by atoms with Gasteiger partial charge in [-0.3, -0.25) is 4.79 Å². The average Bonchev–Trinajstić information content (AvgIpc) is 2.32. The smallest absolute Gasteiger partial charge is 0.255 e. The van der Waals surface area contributed by atoms with E-state index in [9.17, 15) is 9.18 Å². The molecule has 0 spiro atoms. The Morgan fingerprint density at radius 3 is 2.37 bits per heavy atom. The van der Waals surface area contributed by atoms with Crippen LogP contribution in [0.3, 0.4) is 0 Å². The molecule has 4 heteroatoms. The summed E-state index contributed by atoms with van der Waals surface area (Å²) in [6, 6.07) is 9.56. The molecule has 0 aliphatic heterocycles. The summed E-state index contributed by atoms with van der Waals surface area (Å²) in [5.41, 5.74) is 8.53. The van der Waals surface area contributed by atoms with Gasteiger partial charge in [0.05, 0.1) is 5.69 Å². The highest BCUT2D eigenvalue weighted by Gasteiger charge is 2.10. The van der Waals surface area contributed by atoms with Gasteiger partial charge >= 0.3 is 0 Å². The number of rotatable bonds is 2. The van der Waals surface area contributed by atoms with Crippen molar-refractivity contribution < 1.29 is 9.18 Å². The van der Waals surface area contributed by atoms with Crippen molar-refractivity contribution in [3.63, 3.8) is 0 Å². The largest absolute Gasteiger partial charge is 0.399 e. The Morgan fingerprint density at radius 2 is 1.74 bits per heavy atom. The molecule has 0 atom stereocenters. The van der Waals surface area contributed by atoms with Gasteiger partial charge in [-0.2, -0.15) is 0 Å². The van der Waals surface area contributed by atoms with E-state index in [0.717, 1.165) is 11.1 Å². The maximum Gasteiger partial charge on any atom is 0.255 e. The summed E-state index contributed by atoms with van der Waals surface area (Å²) >= 11 is 0. The summed E-state index contributed by atoms with van der Waals surface area (Å²) in [7, 11) is 0. The predicted octanol–water partition coefficient (Wildman–Crippen LogP) is 3.28. The van der Waals surface area contributed by atoms with E-state index in [4.69, 9.17) is 5.73 Å². The van der Waals surface area contributed by atoms with E-state index in [2.05, 4.69) is 5.32 Å². The highest BCUT2D eigenvalue weighted by molar-refractivity contribution is 6.04. The van der Waals surface area contributed by atoms with Crippen LogP contribution in [-0.4, -0.2) is 5.91 Å². The molecule has 0 saturated heterocycles. The number of nitrogen functional groups attached to an aromatic ring is 1. The van der Waals surface area contributed by atoms with Gasteiger partial charge in [0.15, 0.2) is 0 Å². The van der Waals surface area contributed by atoms with Gasteiger partial charge in [0.1, 0.15) is 5.82 Å². The van der Waals surface area contributed by atoms with Crippen LogP contribution in [0.4, 0.5) is 15.8 Å². The first-order valence-electron chi connectivity index (χ1n) is 5.90. The molecule has 0 saturated carbocycles. The zero-order valence-corrected chi connectivity index (χ0v) is 10.8. The summed E-state index contributed by atoms with van der Waals surface area (Å²) in [4.78, 5) is 12.1. The van der Waals surface area contributed by atoms with E-state index in [1.54, 1.807) is 12.1 Å². The SMILES string of the molecule is Cc1cc(C)cc(C(=O)Nc2cc(N)ccc2F)c1. The lowest BCUT2D eigenvalue weighted by molar-refractivity contribution is 0.102. The third kappa shape index (κ3) is 3.10. The van der Waals surface area contributed by atoms with Gasteiger partial charge in [0, 0.05) is 11.3 Å². The molecule has 98 valence electrons. The number of nitrogens with one attached hydrogen (secondary N) is 1. The maximum atomic E-state index is 13.5. The van der Waals surface area contributed by atoms with Gasteiger partial charge in [0.2, 0.25) is 0 Å². The van der Waals surface area contributed by atoms with Crippen molar-refractivity contribution in [2.75, 3.05) is 11.1 Å². The van der Waals surface area contributed by atoms with Crippen LogP contribution in [0.15, 0.2) is 36.4 Å². The summed E-state index contributed by atoms with van der Waals surface area (Å²) in [5.74, 6) is -0.858. The zero-order valence-electron chi connectivity index (χ0n) is 10.8. The van der Waals surface area contributed by atoms with E-state index < -0.39 is 5.82 Å². The van der Waals surface area contributed by atoms with E-state index in [0.29, 0.717) is 11.3 Å². The number of hydrogen-bond acceptors (Lipinski definition) is 2. The van der Waals surface area contributed by atoms with Crippen molar-refractivity contribution in [1.29, 1.82) is 0 Å². The predicted molar refractivity (Wildman–Crippen MR) is 74.7 cm³/mol. The van der Waals surface area contributed by atoms with Crippen LogP contribution < -0.4 is 11.1 Å². The minimum atomic E-state index is -0.507. The second-order valence-electron chi connectivity index (χ2n) is 4.57. The standard InChI is InChI=1S/C15H15FN2O/c1-9-5-10(2)7-11(6-9)15(19)18-14-8-12(17)3-4-13(14)16/h3-8H,17H2,1-2H3,(H,18,19). The number of halogens is 1. The van der Waals surface area contributed by atoms with Gasteiger partial charge in [-0.15, -0.1) is 0 Å². The van der Waals surface area contributed by atoms with Gasteiger partial charge in [-0.05, 0) is 44.2 Å². The molecule has 0 aliphatic rings. The molecule has 1 amide bonds. The molecular weight excluding hydrogens is 243 g/mol. The highest BCUT2D eigenvalue weighted by atomic mass is 19.1. The lowest BCUT2D eigenvalue weighted by atomic mass is 10.1. The Bertz CT molecular complexity index is 618. The molecule has 0 heterocycles. The number of benzene rings is 2. The maximum absolute atomic E-state index is 13.5. The van der Waals surface area contributed by atoms with E-state index >= 15 is 0 Å². The highest BCUT2D eigenvalue weighted by Crippen LogP contribution is 2.19. The Kier molecular flexibility index (Phi) is 3.51. The van der Waals surface area contributed by atoms with Gasteiger partial charge in [-0.1, -0.05) is 17.2 Å². The fraction of sp³-hybridized carbons (Fsp3) is 0.133. The van der Waals surface area contributed by atoms with Gasteiger partial charge < -0.3 is 11.1 Å². The van der Waals surface area contributed by atoms with Crippen molar-refractivity contribution in [3.8, 4) is 0 Å². The summed E-state index contributed by atoms with van der Waals surface area (Å²) in [6.45, 7) is 3.82. The minimum absolute atomic E-state index is 0.0872.